The molecule has 39 heavy (non-hydrogen) atoms. The first-order valence-corrected chi connectivity index (χ1v) is 16.0. The van der Waals surface area contributed by atoms with Gasteiger partial charge in [0.2, 0.25) is 5.91 Å². The predicted molar refractivity (Wildman–Crippen MR) is 154 cm³/mol. The SMILES string of the molecule is N#CC1(NC(=O)C2CCCCC2)CC1.O=S1(=O)CCN(c2ccc(-c3cnc(-c4ncccn4)s3)cc2)CC1.[HH]. The van der Waals surface area contributed by atoms with Gasteiger partial charge < -0.3 is 10.2 Å². The molecule has 9 nitrogen and oxygen atoms in total. The van der Waals surface area contributed by atoms with Gasteiger partial charge in [0.05, 0.1) is 22.5 Å². The zero-order valence-electron chi connectivity index (χ0n) is 21.8. The van der Waals surface area contributed by atoms with Crippen LogP contribution in [-0.4, -0.2) is 59.4 Å². The van der Waals surface area contributed by atoms with Crippen LogP contribution in [-0.2, 0) is 14.6 Å². The molecule has 0 unspecified atom stereocenters. The third-order valence-corrected chi connectivity index (χ3v) is 10.1. The van der Waals surface area contributed by atoms with Crippen molar-refractivity contribution >= 4 is 32.8 Å². The van der Waals surface area contributed by atoms with Crippen molar-refractivity contribution in [3.63, 3.8) is 0 Å². The van der Waals surface area contributed by atoms with Gasteiger partial charge in [-0.3, -0.25) is 4.79 Å². The number of nitrogens with zero attached hydrogens (tertiary/aromatic N) is 5. The molecule has 3 fully saturated rings. The molecule has 206 valence electrons. The Labute approximate surface area is 234 Å². The largest absolute Gasteiger partial charge is 0.369 e. The number of sulfone groups is 1. The van der Waals surface area contributed by atoms with Gasteiger partial charge in [0.1, 0.15) is 5.54 Å². The quantitative estimate of drug-likeness (QED) is 0.478. The lowest BCUT2D eigenvalue weighted by Crippen LogP contribution is -2.40. The van der Waals surface area contributed by atoms with Crippen LogP contribution in [0, 0.1) is 17.2 Å². The second-order valence-electron chi connectivity index (χ2n) is 10.3. The van der Waals surface area contributed by atoms with Gasteiger partial charge >= 0.3 is 0 Å². The third kappa shape index (κ3) is 6.99. The van der Waals surface area contributed by atoms with E-state index < -0.39 is 15.4 Å². The Bertz CT molecular complexity index is 1420. The van der Waals surface area contributed by atoms with Crippen LogP contribution >= 0.6 is 11.3 Å². The highest BCUT2D eigenvalue weighted by Crippen LogP contribution is 2.35. The highest BCUT2D eigenvalue weighted by atomic mass is 32.2. The van der Waals surface area contributed by atoms with Crippen LogP contribution in [0.25, 0.3) is 21.3 Å². The Morgan fingerprint density at radius 1 is 1.05 bits per heavy atom. The van der Waals surface area contributed by atoms with Crippen LogP contribution in [0.2, 0.25) is 0 Å². The topological polar surface area (TPSA) is 129 Å². The highest BCUT2D eigenvalue weighted by molar-refractivity contribution is 7.91. The number of nitrogens with one attached hydrogen (secondary N) is 1. The summed E-state index contributed by atoms with van der Waals surface area (Å²) in [6, 6.07) is 12.1. The summed E-state index contributed by atoms with van der Waals surface area (Å²) < 4.78 is 23.1. The number of hydrogen-bond donors (Lipinski definition) is 1. The summed E-state index contributed by atoms with van der Waals surface area (Å²) in [5.41, 5.74) is 1.65. The van der Waals surface area contributed by atoms with E-state index in [1.807, 2.05) is 30.5 Å². The van der Waals surface area contributed by atoms with Crippen molar-refractivity contribution < 1.29 is 14.6 Å². The molecule has 2 aliphatic carbocycles. The number of rotatable bonds is 5. The van der Waals surface area contributed by atoms with Crippen LogP contribution in [0.15, 0.2) is 48.9 Å². The zero-order chi connectivity index (χ0) is 27.3. The summed E-state index contributed by atoms with van der Waals surface area (Å²) in [6.45, 7) is 1.11. The first-order chi connectivity index (χ1) is 18.9. The highest BCUT2D eigenvalue weighted by Gasteiger charge is 2.45. The standard InChI is InChI=1S/C17H16N4O2S2.C11H16N2O.H2/c22-25(23)10-8-21(9-11-25)14-4-2-13(3-5-14)15-12-20-17(24-15)16-18-6-1-7-19-16;12-8-11(6-7-11)13-10(14)9-4-2-1-3-5-9;/h1-7,12H,8-11H2;9H,1-7H2,(H,13,14);1H. The number of aromatic nitrogens is 3. The molecule has 3 aliphatic rings. The number of anilines is 1. The summed E-state index contributed by atoms with van der Waals surface area (Å²) in [5.74, 6) is 1.37. The lowest BCUT2D eigenvalue weighted by atomic mass is 9.88. The molecule has 11 heteroatoms. The van der Waals surface area contributed by atoms with Gasteiger partial charge in [0.25, 0.3) is 0 Å². The monoisotopic (exact) mass is 566 g/mol. The molecule has 1 N–H and O–H groups in total. The average molecular weight is 567 g/mol. The van der Waals surface area contributed by atoms with E-state index >= 15 is 0 Å². The minimum absolute atomic E-state index is 0. The smallest absolute Gasteiger partial charge is 0.224 e. The number of nitriles is 1. The molecule has 2 aromatic heterocycles. The first-order valence-electron chi connectivity index (χ1n) is 13.4. The van der Waals surface area contributed by atoms with Crippen molar-refractivity contribution in [3.05, 3.63) is 48.9 Å². The van der Waals surface area contributed by atoms with Crippen molar-refractivity contribution in [2.45, 2.75) is 50.5 Å². The Hall–Kier alpha value is -3.36. The van der Waals surface area contributed by atoms with Crippen molar-refractivity contribution in [2.75, 3.05) is 29.5 Å². The van der Waals surface area contributed by atoms with Crippen LogP contribution in [0.3, 0.4) is 0 Å². The van der Waals surface area contributed by atoms with Gasteiger partial charge in [-0.05, 0) is 49.4 Å². The number of carbonyl (C=O) groups is 1. The number of thiazole rings is 1. The normalized spacial score (nSPS) is 19.7. The van der Waals surface area contributed by atoms with Gasteiger partial charge in [-0.2, -0.15) is 5.26 Å². The van der Waals surface area contributed by atoms with E-state index in [1.165, 1.54) is 6.42 Å². The third-order valence-electron chi connectivity index (χ3n) is 7.43. The molecule has 1 aromatic carbocycles. The van der Waals surface area contributed by atoms with E-state index in [4.69, 9.17) is 5.26 Å². The molecule has 3 heterocycles. The number of benzene rings is 1. The number of hydrogen-bond acceptors (Lipinski definition) is 9. The summed E-state index contributed by atoms with van der Waals surface area (Å²) in [7, 11) is -2.86. The van der Waals surface area contributed by atoms with Crippen LogP contribution in [0.4, 0.5) is 5.69 Å². The predicted octanol–water partition coefficient (Wildman–Crippen LogP) is 4.49. The fraction of sp³-hybridized carbons (Fsp3) is 0.464. The van der Waals surface area contributed by atoms with Crippen LogP contribution < -0.4 is 10.2 Å². The molecular weight excluding hydrogens is 532 g/mol. The summed E-state index contributed by atoms with van der Waals surface area (Å²) >= 11 is 1.55. The summed E-state index contributed by atoms with van der Waals surface area (Å²) in [4.78, 5) is 27.8. The lowest BCUT2D eigenvalue weighted by molar-refractivity contribution is -0.126. The second-order valence-corrected chi connectivity index (χ2v) is 13.6. The van der Waals surface area contributed by atoms with Gasteiger partial charge in [-0.25, -0.2) is 23.4 Å². The van der Waals surface area contributed by atoms with Gasteiger partial charge in [-0.15, -0.1) is 11.3 Å². The van der Waals surface area contributed by atoms with E-state index in [1.54, 1.807) is 29.8 Å². The fourth-order valence-electron chi connectivity index (χ4n) is 4.82. The van der Waals surface area contributed by atoms with Crippen molar-refractivity contribution in [3.8, 4) is 27.3 Å². The molecule has 1 saturated heterocycles. The molecule has 0 bridgehead atoms. The first kappa shape index (κ1) is 27.2. The van der Waals surface area contributed by atoms with Crippen LogP contribution in [0.5, 0.6) is 0 Å². The lowest BCUT2D eigenvalue weighted by Gasteiger charge is -2.28. The number of amides is 1. The molecule has 0 spiro atoms. The fourth-order valence-corrected chi connectivity index (χ4v) is 6.89. The summed E-state index contributed by atoms with van der Waals surface area (Å²) in [5, 5.41) is 12.5. The minimum Gasteiger partial charge on any atom is -0.369 e. The van der Waals surface area contributed by atoms with E-state index in [2.05, 4.69) is 31.2 Å². The Morgan fingerprint density at radius 3 is 2.33 bits per heavy atom. The Kier molecular flexibility index (Phi) is 8.23. The molecular formula is C28H34N6O3S2. The van der Waals surface area contributed by atoms with Gasteiger partial charge in [0.15, 0.2) is 20.7 Å². The second kappa shape index (κ2) is 11.8. The average Bonchev–Trinajstić information content (AvgIpc) is 3.57. The van der Waals surface area contributed by atoms with Crippen molar-refractivity contribution in [2.24, 2.45) is 5.92 Å². The molecule has 0 radical (unpaired) electrons. The maximum Gasteiger partial charge on any atom is 0.224 e. The zero-order valence-corrected chi connectivity index (χ0v) is 23.4. The maximum atomic E-state index is 11.8. The molecule has 0 atom stereocenters. The molecule has 3 aromatic rings. The molecule has 1 aliphatic heterocycles. The van der Waals surface area contributed by atoms with Crippen molar-refractivity contribution in [1.82, 2.24) is 20.3 Å². The molecule has 1 amide bonds. The Morgan fingerprint density at radius 2 is 1.72 bits per heavy atom. The Balaban J connectivity index is 0.000000210. The summed E-state index contributed by atoms with van der Waals surface area (Å²) in [6.07, 6.45) is 12.5. The maximum absolute atomic E-state index is 11.8. The van der Waals surface area contributed by atoms with Gasteiger partial charge in [0, 0.05) is 44.7 Å². The van der Waals surface area contributed by atoms with E-state index in [-0.39, 0.29) is 24.8 Å². The minimum atomic E-state index is -2.86. The van der Waals surface area contributed by atoms with E-state index in [0.717, 1.165) is 59.7 Å². The molecule has 2 saturated carbocycles. The van der Waals surface area contributed by atoms with Crippen LogP contribution in [0.1, 0.15) is 46.4 Å². The number of carbonyl (C=O) groups excluding carboxylic acids is 1. The van der Waals surface area contributed by atoms with Gasteiger partial charge in [-0.1, -0.05) is 31.4 Å². The van der Waals surface area contributed by atoms with E-state index in [9.17, 15) is 13.2 Å². The molecule has 6 rings (SSSR count). The van der Waals surface area contributed by atoms with E-state index in [0.29, 0.717) is 18.9 Å². The van der Waals surface area contributed by atoms with Crippen molar-refractivity contribution in [1.29, 1.82) is 5.26 Å².